The molecule has 1 fully saturated rings. The molecule has 5 atom stereocenters. The zero-order valence-corrected chi connectivity index (χ0v) is 13.5. The van der Waals surface area contributed by atoms with Crippen LogP contribution in [0.5, 0.6) is 0 Å². The van der Waals surface area contributed by atoms with Gasteiger partial charge in [0.2, 0.25) is 15.5 Å². The first-order valence-corrected chi connectivity index (χ1v) is 9.47. The number of aliphatic hydroxyl groups excluding tert-OH is 4. The predicted octanol–water partition coefficient (Wildman–Crippen LogP) is -4.68. The van der Waals surface area contributed by atoms with E-state index in [4.69, 9.17) is 9.84 Å². The van der Waals surface area contributed by atoms with E-state index in [1.807, 2.05) is 4.72 Å². The van der Waals surface area contributed by atoms with Gasteiger partial charge in [0, 0.05) is 6.54 Å². The van der Waals surface area contributed by atoms with Crippen molar-refractivity contribution in [2.45, 2.75) is 36.3 Å². The molecule has 0 saturated carbocycles. The van der Waals surface area contributed by atoms with E-state index in [1.54, 1.807) is 0 Å². The van der Waals surface area contributed by atoms with Crippen molar-refractivity contribution in [1.82, 2.24) is 4.72 Å². The van der Waals surface area contributed by atoms with Crippen molar-refractivity contribution in [2.24, 2.45) is 5.14 Å². The third-order valence-electron chi connectivity index (χ3n) is 3.03. The molecule has 0 aromatic heterocycles. The third kappa shape index (κ3) is 5.86. The van der Waals surface area contributed by atoms with Crippen LogP contribution in [0.25, 0.3) is 0 Å². The van der Waals surface area contributed by atoms with Gasteiger partial charge in [-0.2, -0.15) is 8.42 Å². The van der Waals surface area contributed by atoms with Crippen molar-refractivity contribution in [2.75, 3.05) is 19.8 Å². The molecule has 0 aromatic rings. The molecular weight excluding hydrogens is 360 g/mol. The zero-order valence-electron chi connectivity index (χ0n) is 11.8. The average Bonchev–Trinajstić information content (AvgIpc) is 2.43. The van der Waals surface area contributed by atoms with E-state index in [0.717, 1.165) is 0 Å². The molecule has 0 unspecified atom stereocenters. The minimum atomic E-state index is -4.29. The van der Waals surface area contributed by atoms with Crippen LogP contribution >= 0.6 is 0 Å². The fraction of sp³-hybridized carbons (Fsp3) is 1.00. The van der Waals surface area contributed by atoms with Gasteiger partial charge in [-0.25, -0.2) is 18.3 Å². The molecule has 1 saturated heterocycles. The van der Waals surface area contributed by atoms with Crippen molar-refractivity contribution in [3.8, 4) is 0 Å². The number of ether oxygens (including phenoxy) is 1. The summed E-state index contributed by atoms with van der Waals surface area (Å²) in [5.74, 6) is 0. The molecule has 12 nitrogen and oxygen atoms in total. The van der Waals surface area contributed by atoms with E-state index in [0.29, 0.717) is 0 Å². The highest BCUT2D eigenvalue weighted by Crippen LogP contribution is 2.24. The van der Waals surface area contributed by atoms with Crippen LogP contribution in [-0.2, 0) is 29.2 Å². The average molecular weight is 380 g/mol. The van der Waals surface area contributed by atoms with E-state index >= 15 is 0 Å². The lowest BCUT2D eigenvalue weighted by molar-refractivity contribution is -0.207. The van der Waals surface area contributed by atoms with Gasteiger partial charge >= 0.3 is 10.3 Å². The maximum absolute atomic E-state index is 12.0. The monoisotopic (exact) mass is 380 g/mol. The second kappa shape index (κ2) is 8.11. The predicted molar refractivity (Wildman–Crippen MR) is 74.4 cm³/mol. The normalized spacial score (nSPS) is 32.8. The van der Waals surface area contributed by atoms with E-state index in [9.17, 15) is 32.2 Å². The van der Waals surface area contributed by atoms with Gasteiger partial charge in [-0.1, -0.05) is 0 Å². The summed E-state index contributed by atoms with van der Waals surface area (Å²) in [4.78, 5) is 0. The summed E-state index contributed by atoms with van der Waals surface area (Å²) in [6.07, 6.45) is -6.85. The van der Waals surface area contributed by atoms with Crippen molar-refractivity contribution >= 4 is 20.3 Å². The first-order chi connectivity index (χ1) is 10.5. The molecule has 1 rings (SSSR count). The Labute approximate surface area is 133 Å². The van der Waals surface area contributed by atoms with Gasteiger partial charge in [-0.05, 0) is 6.42 Å². The van der Waals surface area contributed by atoms with Crippen LogP contribution in [0.1, 0.15) is 6.42 Å². The van der Waals surface area contributed by atoms with Crippen LogP contribution in [0.3, 0.4) is 0 Å². The number of nitrogens with one attached hydrogen (secondary N) is 1. The molecule has 0 radical (unpaired) electrons. The van der Waals surface area contributed by atoms with Crippen molar-refractivity contribution in [3.05, 3.63) is 0 Å². The largest absolute Gasteiger partial charge is 0.394 e. The molecule has 1 heterocycles. The summed E-state index contributed by atoms with van der Waals surface area (Å²) in [5.41, 5.74) is -1.92. The summed E-state index contributed by atoms with van der Waals surface area (Å²) >= 11 is 0. The van der Waals surface area contributed by atoms with E-state index in [2.05, 4.69) is 9.32 Å². The summed E-state index contributed by atoms with van der Waals surface area (Å²) in [6, 6.07) is 0. The molecule has 0 aromatic carbocycles. The first kappa shape index (κ1) is 20.6. The number of rotatable bonds is 8. The number of nitrogens with two attached hydrogens (primary N) is 1. The topological polar surface area (TPSA) is 206 Å². The van der Waals surface area contributed by atoms with Crippen molar-refractivity contribution < 1.29 is 46.2 Å². The SMILES string of the molecule is NS(=O)(=O)OCCCNS(=O)(=O)[C@@H]1O[C@H](CO)[C@@H](O)[C@H](O)[C@H]1O. The molecule has 138 valence electrons. The van der Waals surface area contributed by atoms with Crippen LogP contribution in [0.4, 0.5) is 0 Å². The molecule has 1 aliphatic heterocycles. The van der Waals surface area contributed by atoms with Gasteiger partial charge < -0.3 is 25.2 Å². The Morgan fingerprint density at radius 3 is 2.22 bits per heavy atom. The molecular formula is C9H20N2O10S2. The molecule has 0 amide bonds. The fourth-order valence-electron chi connectivity index (χ4n) is 1.87. The van der Waals surface area contributed by atoms with Crippen molar-refractivity contribution in [3.63, 3.8) is 0 Å². The first-order valence-electron chi connectivity index (χ1n) is 6.45. The Hall–Kier alpha value is -0.420. The zero-order chi connectivity index (χ0) is 17.8. The Balaban J connectivity index is 2.61. The van der Waals surface area contributed by atoms with E-state index in [-0.39, 0.29) is 19.6 Å². The molecule has 0 aliphatic carbocycles. The summed E-state index contributed by atoms with van der Waals surface area (Å²) in [7, 11) is -8.41. The maximum atomic E-state index is 12.0. The molecule has 7 N–H and O–H groups in total. The van der Waals surface area contributed by atoms with Gasteiger partial charge in [0.25, 0.3) is 0 Å². The van der Waals surface area contributed by atoms with Gasteiger partial charge in [-0.3, -0.25) is 4.18 Å². The van der Waals surface area contributed by atoms with Crippen LogP contribution < -0.4 is 9.86 Å². The Morgan fingerprint density at radius 2 is 1.70 bits per heavy atom. The number of hydrogen-bond donors (Lipinski definition) is 6. The van der Waals surface area contributed by atoms with Crippen molar-refractivity contribution in [1.29, 1.82) is 0 Å². The highest BCUT2D eigenvalue weighted by molar-refractivity contribution is 7.90. The molecule has 0 bridgehead atoms. The summed E-state index contributed by atoms with van der Waals surface area (Å²) in [5, 5.41) is 42.4. The van der Waals surface area contributed by atoms with Gasteiger partial charge in [0.15, 0.2) is 0 Å². The second-order valence-corrected chi connectivity index (χ2v) is 7.87. The smallest absolute Gasteiger partial charge is 0.333 e. The minimum Gasteiger partial charge on any atom is -0.394 e. The quantitative estimate of drug-likeness (QED) is 0.222. The summed E-state index contributed by atoms with van der Waals surface area (Å²) < 4.78 is 56.2. The van der Waals surface area contributed by atoms with Crippen LogP contribution in [0.2, 0.25) is 0 Å². The molecule has 23 heavy (non-hydrogen) atoms. The lowest BCUT2D eigenvalue weighted by Gasteiger charge is -2.39. The highest BCUT2D eigenvalue weighted by Gasteiger charge is 2.48. The lowest BCUT2D eigenvalue weighted by Crippen LogP contribution is -2.62. The van der Waals surface area contributed by atoms with Crippen LogP contribution in [0.15, 0.2) is 0 Å². The number of hydrogen-bond acceptors (Lipinski definition) is 10. The second-order valence-electron chi connectivity index (χ2n) is 4.80. The van der Waals surface area contributed by atoms with Gasteiger partial charge in [-0.15, -0.1) is 0 Å². The number of aliphatic hydroxyl groups is 4. The standard InChI is InChI=1S/C9H20N2O10S2/c10-23(18,19)20-3-1-2-11-22(16,17)9-8(15)7(14)6(13)5(4-12)21-9/h5-9,11-15H,1-4H2,(H2,10,18,19)/t5-,6-,7+,8-,9+/m1/s1. The maximum Gasteiger partial charge on any atom is 0.333 e. The van der Waals surface area contributed by atoms with Gasteiger partial charge in [0.1, 0.15) is 24.4 Å². The Morgan fingerprint density at radius 1 is 1.09 bits per heavy atom. The third-order valence-corrected chi connectivity index (χ3v) is 5.13. The Bertz CT molecular complexity index is 577. The van der Waals surface area contributed by atoms with Crippen LogP contribution in [-0.4, -0.2) is 86.9 Å². The van der Waals surface area contributed by atoms with Gasteiger partial charge in [0.05, 0.1) is 13.2 Å². The molecule has 14 heteroatoms. The lowest BCUT2D eigenvalue weighted by atomic mass is 10.0. The molecule has 1 aliphatic rings. The highest BCUT2D eigenvalue weighted by atomic mass is 32.2. The molecule has 0 spiro atoms. The Kier molecular flexibility index (Phi) is 7.27. The number of sulfonamides is 1. The van der Waals surface area contributed by atoms with Crippen LogP contribution in [0, 0.1) is 0 Å². The van der Waals surface area contributed by atoms with E-state index < -0.39 is 56.8 Å². The summed E-state index contributed by atoms with van der Waals surface area (Å²) in [6.45, 7) is -1.39. The van der Waals surface area contributed by atoms with E-state index in [1.165, 1.54) is 0 Å². The fourth-order valence-corrected chi connectivity index (χ4v) is 3.63. The minimum absolute atomic E-state index is 0.0485.